The normalized spacial score (nSPS) is 10.2. The molecule has 0 fully saturated rings. The summed E-state index contributed by atoms with van der Waals surface area (Å²) in [6.07, 6.45) is 0. The summed E-state index contributed by atoms with van der Waals surface area (Å²) in [4.78, 5) is 25.0. The quantitative estimate of drug-likeness (QED) is 0.758. The molecule has 0 aliphatic carbocycles. The van der Waals surface area contributed by atoms with Gasteiger partial charge in [0.25, 0.3) is 5.91 Å². The molecule has 1 aromatic heterocycles. The topological polar surface area (TPSA) is 93.2 Å². The summed E-state index contributed by atoms with van der Waals surface area (Å²) >= 11 is 0. The van der Waals surface area contributed by atoms with E-state index in [0.717, 1.165) is 0 Å². The molecule has 18 heavy (non-hydrogen) atoms. The Kier molecular flexibility index (Phi) is 4.30. The highest BCUT2D eigenvalue weighted by molar-refractivity contribution is 5.99. The molecule has 100 valence electrons. The van der Waals surface area contributed by atoms with Crippen LogP contribution in [0, 0.1) is 6.92 Å². The number of aromatic nitrogens is 2. The number of carbonyl (C=O) groups is 2. The number of hydrogen-bond donors (Lipinski definition) is 2. The summed E-state index contributed by atoms with van der Waals surface area (Å²) in [6.45, 7) is 3.98. The van der Waals surface area contributed by atoms with Crippen LogP contribution in [-0.4, -0.2) is 46.6 Å². The Morgan fingerprint density at radius 3 is 2.50 bits per heavy atom. The van der Waals surface area contributed by atoms with Gasteiger partial charge in [-0.05, 0) is 13.8 Å². The van der Waals surface area contributed by atoms with Gasteiger partial charge < -0.3 is 16.0 Å². The van der Waals surface area contributed by atoms with E-state index in [9.17, 15) is 9.59 Å². The predicted octanol–water partition coefficient (Wildman–Crippen LogP) is -0.481. The van der Waals surface area contributed by atoms with Crippen LogP contribution in [0.5, 0.6) is 0 Å². The molecule has 7 nitrogen and oxygen atoms in total. The number of carbonyl (C=O) groups excluding carboxylic acids is 2. The number of anilines is 1. The summed E-state index contributed by atoms with van der Waals surface area (Å²) < 4.78 is 1.44. The van der Waals surface area contributed by atoms with Gasteiger partial charge in [0.2, 0.25) is 5.91 Å². The van der Waals surface area contributed by atoms with Crippen LogP contribution in [0.4, 0.5) is 5.69 Å². The van der Waals surface area contributed by atoms with Gasteiger partial charge in [0.05, 0.1) is 17.9 Å². The third kappa shape index (κ3) is 2.61. The smallest absolute Gasteiger partial charge is 0.274 e. The minimum absolute atomic E-state index is 0.00943. The maximum absolute atomic E-state index is 12.3. The lowest BCUT2D eigenvalue weighted by atomic mass is 10.2. The van der Waals surface area contributed by atoms with Gasteiger partial charge in [0, 0.05) is 20.6 Å². The van der Waals surface area contributed by atoms with Gasteiger partial charge >= 0.3 is 0 Å². The molecule has 0 aliphatic heterocycles. The first-order valence-electron chi connectivity index (χ1n) is 5.71. The molecule has 1 rings (SSSR count). The first-order valence-corrected chi connectivity index (χ1v) is 5.71. The summed E-state index contributed by atoms with van der Waals surface area (Å²) in [5, 5.41) is 6.58. The second-order valence-corrected chi connectivity index (χ2v) is 3.96. The number of nitrogens with zero attached hydrogens (tertiary/aromatic N) is 3. The molecule has 0 unspecified atom stereocenters. The van der Waals surface area contributed by atoms with E-state index in [-0.39, 0.29) is 18.4 Å². The van der Waals surface area contributed by atoms with E-state index in [1.807, 2.05) is 0 Å². The fourth-order valence-corrected chi connectivity index (χ4v) is 1.66. The van der Waals surface area contributed by atoms with Crippen molar-refractivity contribution in [3.63, 3.8) is 0 Å². The average molecular weight is 253 g/mol. The van der Waals surface area contributed by atoms with Crippen molar-refractivity contribution in [2.45, 2.75) is 13.8 Å². The SMILES string of the molecule is CCN(CC(=O)NC)C(=O)c1c(N)c(C)nn1C. The van der Waals surface area contributed by atoms with Crippen LogP contribution in [0.2, 0.25) is 0 Å². The van der Waals surface area contributed by atoms with Crippen LogP contribution in [0.3, 0.4) is 0 Å². The molecule has 3 N–H and O–H groups in total. The molecule has 0 atom stereocenters. The molecule has 0 saturated carbocycles. The van der Waals surface area contributed by atoms with E-state index in [2.05, 4.69) is 10.4 Å². The highest BCUT2D eigenvalue weighted by Gasteiger charge is 2.23. The molecule has 2 amide bonds. The van der Waals surface area contributed by atoms with Gasteiger partial charge in [-0.2, -0.15) is 5.10 Å². The first kappa shape index (κ1) is 14.0. The van der Waals surface area contributed by atoms with Crippen molar-refractivity contribution in [2.24, 2.45) is 7.05 Å². The first-order chi connectivity index (χ1) is 8.42. The molecular formula is C11H19N5O2. The Bertz CT molecular complexity index is 466. The lowest BCUT2D eigenvalue weighted by molar-refractivity contribution is -0.121. The Hall–Kier alpha value is -2.05. The molecular weight excluding hydrogens is 234 g/mol. The lowest BCUT2D eigenvalue weighted by Gasteiger charge is -2.20. The van der Waals surface area contributed by atoms with Gasteiger partial charge in [-0.25, -0.2) is 0 Å². The third-order valence-corrected chi connectivity index (χ3v) is 2.75. The highest BCUT2D eigenvalue weighted by atomic mass is 16.2. The van der Waals surface area contributed by atoms with E-state index in [0.29, 0.717) is 23.6 Å². The monoisotopic (exact) mass is 253 g/mol. The number of rotatable bonds is 4. The number of aryl methyl sites for hydroxylation is 2. The molecule has 0 saturated heterocycles. The van der Waals surface area contributed by atoms with Crippen molar-refractivity contribution in [3.8, 4) is 0 Å². The van der Waals surface area contributed by atoms with Crippen LogP contribution in [-0.2, 0) is 11.8 Å². The Balaban J connectivity index is 3.00. The van der Waals surface area contributed by atoms with Crippen molar-refractivity contribution < 1.29 is 9.59 Å². The van der Waals surface area contributed by atoms with E-state index >= 15 is 0 Å². The third-order valence-electron chi connectivity index (χ3n) is 2.75. The number of amides is 2. The van der Waals surface area contributed by atoms with Crippen molar-refractivity contribution >= 4 is 17.5 Å². The van der Waals surface area contributed by atoms with Crippen molar-refractivity contribution in [2.75, 3.05) is 25.9 Å². The average Bonchev–Trinajstić information content (AvgIpc) is 2.59. The largest absolute Gasteiger partial charge is 0.395 e. The molecule has 1 aromatic rings. The predicted molar refractivity (Wildman–Crippen MR) is 68.0 cm³/mol. The van der Waals surface area contributed by atoms with Crippen LogP contribution in [0.1, 0.15) is 23.1 Å². The Labute approximate surface area is 106 Å². The number of nitrogen functional groups attached to an aromatic ring is 1. The van der Waals surface area contributed by atoms with Crippen molar-refractivity contribution in [1.82, 2.24) is 20.0 Å². The summed E-state index contributed by atoms with van der Waals surface area (Å²) in [6, 6.07) is 0. The molecule has 0 radical (unpaired) electrons. The fourth-order valence-electron chi connectivity index (χ4n) is 1.66. The second kappa shape index (κ2) is 5.52. The van der Waals surface area contributed by atoms with E-state index in [4.69, 9.17) is 5.73 Å². The number of nitrogens with two attached hydrogens (primary N) is 1. The van der Waals surface area contributed by atoms with Crippen LogP contribution in [0.15, 0.2) is 0 Å². The van der Waals surface area contributed by atoms with Gasteiger partial charge in [-0.15, -0.1) is 0 Å². The minimum atomic E-state index is -0.290. The van der Waals surface area contributed by atoms with Gasteiger partial charge in [-0.1, -0.05) is 0 Å². The Morgan fingerprint density at radius 1 is 1.50 bits per heavy atom. The van der Waals surface area contributed by atoms with Gasteiger partial charge in [-0.3, -0.25) is 14.3 Å². The molecule has 0 bridgehead atoms. The van der Waals surface area contributed by atoms with Gasteiger partial charge in [0.15, 0.2) is 0 Å². The number of hydrogen-bond acceptors (Lipinski definition) is 4. The maximum atomic E-state index is 12.3. The van der Waals surface area contributed by atoms with Crippen molar-refractivity contribution in [3.05, 3.63) is 11.4 Å². The minimum Gasteiger partial charge on any atom is -0.395 e. The van der Waals surface area contributed by atoms with Crippen LogP contribution in [0.25, 0.3) is 0 Å². The summed E-state index contributed by atoms with van der Waals surface area (Å²) in [7, 11) is 3.19. The fraction of sp³-hybridized carbons (Fsp3) is 0.545. The maximum Gasteiger partial charge on any atom is 0.274 e. The van der Waals surface area contributed by atoms with E-state index in [1.54, 1.807) is 20.9 Å². The highest BCUT2D eigenvalue weighted by Crippen LogP contribution is 2.17. The molecule has 0 aliphatic rings. The molecule has 7 heteroatoms. The Morgan fingerprint density at radius 2 is 2.11 bits per heavy atom. The standard InChI is InChI=1S/C11H19N5O2/c1-5-16(6-8(17)13-3)11(18)10-9(12)7(2)14-15(10)4/h5-6,12H2,1-4H3,(H,13,17). The zero-order valence-electron chi connectivity index (χ0n) is 11.1. The van der Waals surface area contributed by atoms with Crippen LogP contribution >= 0.6 is 0 Å². The van der Waals surface area contributed by atoms with Gasteiger partial charge in [0.1, 0.15) is 5.69 Å². The zero-order chi connectivity index (χ0) is 13.9. The van der Waals surface area contributed by atoms with E-state index < -0.39 is 0 Å². The summed E-state index contributed by atoms with van der Waals surface area (Å²) in [5.41, 5.74) is 7.11. The number of nitrogens with one attached hydrogen (secondary N) is 1. The van der Waals surface area contributed by atoms with E-state index in [1.165, 1.54) is 16.6 Å². The lowest BCUT2D eigenvalue weighted by Crippen LogP contribution is -2.40. The molecule has 1 heterocycles. The summed E-state index contributed by atoms with van der Waals surface area (Å²) in [5.74, 6) is -0.510. The molecule has 0 spiro atoms. The number of likely N-dealkylation sites (N-methyl/N-ethyl adjacent to an activating group) is 2. The second-order valence-electron chi connectivity index (χ2n) is 3.96. The zero-order valence-corrected chi connectivity index (χ0v) is 11.1. The molecule has 0 aromatic carbocycles. The van der Waals surface area contributed by atoms with Crippen LogP contribution < -0.4 is 11.1 Å². The van der Waals surface area contributed by atoms with Crippen molar-refractivity contribution in [1.29, 1.82) is 0 Å².